The van der Waals surface area contributed by atoms with Crippen LogP contribution in [0.2, 0.25) is 0 Å². The summed E-state index contributed by atoms with van der Waals surface area (Å²) in [6.07, 6.45) is 3.95. The van der Waals surface area contributed by atoms with Crippen molar-refractivity contribution in [2.45, 2.75) is 52.6 Å². The Bertz CT molecular complexity index is 680. The van der Waals surface area contributed by atoms with Crippen LogP contribution in [-0.2, 0) is 17.6 Å². The molecule has 3 rings (SSSR count). The number of aryl methyl sites for hydroxylation is 4. The van der Waals surface area contributed by atoms with E-state index in [9.17, 15) is 4.79 Å². The van der Waals surface area contributed by atoms with Gasteiger partial charge in [0.05, 0.1) is 5.69 Å². The van der Waals surface area contributed by atoms with Crippen LogP contribution in [0.25, 0.3) is 0 Å². The number of ether oxygens (including phenoxy) is 1. The lowest BCUT2D eigenvalue weighted by Gasteiger charge is -2.14. The molecule has 1 atom stereocenters. The predicted molar refractivity (Wildman–Crippen MR) is 93.4 cm³/mol. The number of fused-ring (bicyclic) bond motifs is 1. The summed E-state index contributed by atoms with van der Waals surface area (Å²) in [6, 6.07) is 5.97. The van der Waals surface area contributed by atoms with E-state index >= 15 is 0 Å². The molecular weight excluding hydrogens is 308 g/mol. The van der Waals surface area contributed by atoms with Crippen LogP contribution in [0.1, 0.15) is 41.5 Å². The van der Waals surface area contributed by atoms with Crippen molar-refractivity contribution in [3.63, 3.8) is 0 Å². The number of amides is 1. The quantitative estimate of drug-likeness (QED) is 0.920. The van der Waals surface area contributed by atoms with Crippen molar-refractivity contribution in [3.05, 3.63) is 39.9 Å². The molecule has 1 N–H and O–H groups in total. The molecule has 0 radical (unpaired) electrons. The zero-order chi connectivity index (χ0) is 16.4. The maximum absolute atomic E-state index is 12.3. The average Bonchev–Trinajstić information content (AvgIpc) is 2.88. The number of thiazole rings is 1. The molecular formula is C18H22N2O2S. The van der Waals surface area contributed by atoms with Crippen LogP contribution in [0, 0.1) is 13.8 Å². The highest BCUT2D eigenvalue weighted by molar-refractivity contribution is 7.15. The Morgan fingerprint density at radius 3 is 2.61 bits per heavy atom. The third kappa shape index (κ3) is 3.91. The smallest absolute Gasteiger partial charge is 0.266 e. The highest BCUT2D eigenvalue weighted by atomic mass is 32.1. The molecule has 0 aliphatic heterocycles. The lowest BCUT2D eigenvalue weighted by molar-refractivity contribution is -0.122. The highest BCUT2D eigenvalue weighted by Crippen LogP contribution is 2.29. The minimum Gasteiger partial charge on any atom is -0.481 e. The summed E-state index contributed by atoms with van der Waals surface area (Å²) < 4.78 is 5.78. The Morgan fingerprint density at radius 2 is 1.91 bits per heavy atom. The molecule has 0 bridgehead atoms. The summed E-state index contributed by atoms with van der Waals surface area (Å²) in [6.45, 7) is 5.80. The number of nitrogens with one attached hydrogen (secondary N) is 1. The minimum atomic E-state index is -0.558. The maximum Gasteiger partial charge on any atom is 0.266 e. The molecule has 1 amide bonds. The fourth-order valence-electron chi connectivity index (χ4n) is 2.87. The Kier molecular flexibility index (Phi) is 4.66. The fraction of sp³-hybridized carbons (Fsp3) is 0.444. The van der Waals surface area contributed by atoms with Crippen LogP contribution < -0.4 is 10.1 Å². The van der Waals surface area contributed by atoms with Crippen LogP contribution >= 0.6 is 11.3 Å². The van der Waals surface area contributed by atoms with E-state index in [1.807, 2.05) is 26.0 Å². The normalized spacial score (nSPS) is 14.9. The van der Waals surface area contributed by atoms with Crippen LogP contribution in [0.4, 0.5) is 5.13 Å². The number of anilines is 1. The number of hydrogen-bond donors (Lipinski definition) is 1. The number of benzene rings is 1. The lowest BCUT2D eigenvalue weighted by atomic mass is 10.0. The first-order valence-electron chi connectivity index (χ1n) is 8.05. The molecule has 0 unspecified atom stereocenters. The standard InChI is InChI=1S/C18H22N2O2S/c1-11-8-12(2)10-14(9-11)22-13(3)17(21)20-18-19-15-6-4-5-7-16(15)23-18/h8-10,13H,4-7H2,1-3H3,(H,19,20,21)/t13-/m1/s1. The van der Waals surface area contributed by atoms with E-state index in [0.29, 0.717) is 5.13 Å². The topological polar surface area (TPSA) is 51.2 Å². The van der Waals surface area contributed by atoms with Crippen LogP contribution in [0.3, 0.4) is 0 Å². The monoisotopic (exact) mass is 330 g/mol. The van der Waals surface area contributed by atoms with Gasteiger partial charge in [-0.25, -0.2) is 4.98 Å². The molecule has 1 heterocycles. The molecule has 122 valence electrons. The van der Waals surface area contributed by atoms with Crippen molar-refractivity contribution in [2.24, 2.45) is 0 Å². The van der Waals surface area contributed by atoms with Gasteiger partial charge in [-0.15, -0.1) is 11.3 Å². The van der Waals surface area contributed by atoms with Gasteiger partial charge in [-0.3, -0.25) is 10.1 Å². The Labute approximate surface area is 140 Å². The zero-order valence-electron chi connectivity index (χ0n) is 13.8. The number of rotatable bonds is 4. The van der Waals surface area contributed by atoms with E-state index in [2.05, 4.69) is 16.4 Å². The Morgan fingerprint density at radius 1 is 1.22 bits per heavy atom. The van der Waals surface area contributed by atoms with Gasteiger partial charge in [0.2, 0.25) is 0 Å². The van der Waals surface area contributed by atoms with Crippen LogP contribution in [0.15, 0.2) is 18.2 Å². The van der Waals surface area contributed by atoms with E-state index < -0.39 is 6.10 Å². The molecule has 1 aromatic heterocycles. The maximum atomic E-state index is 12.3. The van der Waals surface area contributed by atoms with Gasteiger partial charge >= 0.3 is 0 Å². The van der Waals surface area contributed by atoms with Crippen molar-refractivity contribution in [2.75, 3.05) is 5.32 Å². The second-order valence-corrected chi connectivity index (χ2v) is 7.25. The van der Waals surface area contributed by atoms with Crippen molar-refractivity contribution in [3.8, 4) is 5.75 Å². The molecule has 0 spiro atoms. The largest absolute Gasteiger partial charge is 0.481 e. The molecule has 1 aliphatic rings. The first-order chi connectivity index (χ1) is 11.0. The Hall–Kier alpha value is -1.88. The zero-order valence-corrected chi connectivity index (χ0v) is 14.6. The van der Waals surface area contributed by atoms with Crippen molar-refractivity contribution < 1.29 is 9.53 Å². The highest BCUT2D eigenvalue weighted by Gasteiger charge is 2.20. The predicted octanol–water partition coefficient (Wildman–Crippen LogP) is 4.04. The number of hydrogen-bond acceptors (Lipinski definition) is 4. The van der Waals surface area contributed by atoms with E-state index in [-0.39, 0.29) is 5.91 Å². The molecule has 0 fully saturated rings. The summed E-state index contributed by atoms with van der Waals surface area (Å²) in [5.41, 5.74) is 3.40. The van der Waals surface area contributed by atoms with Gasteiger partial charge in [0.15, 0.2) is 11.2 Å². The van der Waals surface area contributed by atoms with Crippen molar-refractivity contribution >= 4 is 22.4 Å². The molecule has 0 saturated carbocycles. The molecule has 4 nitrogen and oxygen atoms in total. The van der Waals surface area contributed by atoms with Crippen LogP contribution in [0.5, 0.6) is 5.75 Å². The van der Waals surface area contributed by atoms with E-state index in [4.69, 9.17) is 4.74 Å². The molecule has 0 saturated heterocycles. The first kappa shape index (κ1) is 16.0. The lowest BCUT2D eigenvalue weighted by Crippen LogP contribution is -2.30. The molecule has 23 heavy (non-hydrogen) atoms. The van der Waals surface area contributed by atoms with E-state index in [1.54, 1.807) is 18.3 Å². The second-order valence-electron chi connectivity index (χ2n) is 6.17. The number of aromatic nitrogens is 1. The van der Waals surface area contributed by atoms with Crippen LogP contribution in [-0.4, -0.2) is 17.0 Å². The van der Waals surface area contributed by atoms with E-state index in [1.165, 1.54) is 17.7 Å². The van der Waals surface area contributed by atoms with E-state index in [0.717, 1.165) is 35.4 Å². The molecule has 2 aromatic rings. The third-order valence-electron chi connectivity index (χ3n) is 3.95. The third-order valence-corrected chi connectivity index (χ3v) is 5.03. The summed E-state index contributed by atoms with van der Waals surface area (Å²) in [4.78, 5) is 18.2. The van der Waals surface area contributed by atoms with Gasteiger partial charge in [0.1, 0.15) is 5.75 Å². The Balaban J connectivity index is 1.64. The van der Waals surface area contributed by atoms with Crippen molar-refractivity contribution in [1.29, 1.82) is 0 Å². The SMILES string of the molecule is Cc1cc(C)cc(O[C@H](C)C(=O)Nc2nc3c(s2)CCCC3)c1. The van der Waals surface area contributed by atoms with Gasteiger partial charge in [0.25, 0.3) is 5.91 Å². The van der Waals surface area contributed by atoms with Gasteiger partial charge in [0, 0.05) is 4.88 Å². The molecule has 5 heteroatoms. The number of carbonyl (C=O) groups is 1. The van der Waals surface area contributed by atoms with Gasteiger partial charge in [-0.05, 0) is 69.7 Å². The number of nitrogens with zero attached hydrogens (tertiary/aromatic N) is 1. The van der Waals surface area contributed by atoms with Gasteiger partial charge < -0.3 is 4.74 Å². The second kappa shape index (κ2) is 6.71. The summed E-state index contributed by atoms with van der Waals surface area (Å²) in [7, 11) is 0. The average molecular weight is 330 g/mol. The van der Waals surface area contributed by atoms with Gasteiger partial charge in [-0.2, -0.15) is 0 Å². The first-order valence-corrected chi connectivity index (χ1v) is 8.87. The van der Waals surface area contributed by atoms with Crippen molar-refractivity contribution in [1.82, 2.24) is 4.98 Å². The number of carbonyl (C=O) groups excluding carboxylic acids is 1. The van der Waals surface area contributed by atoms with Gasteiger partial charge in [-0.1, -0.05) is 6.07 Å². The fourth-order valence-corrected chi connectivity index (χ4v) is 3.92. The minimum absolute atomic E-state index is 0.157. The summed E-state index contributed by atoms with van der Waals surface area (Å²) >= 11 is 1.59. The molecule has 1 aliphatic carbocycles. The summed E-state index contributed by atoms with van der Waals surface area (Å²) in [5, 5.41) is 3.58. The summed E-state index contributed by atoms with van der Waals surface area (Å²) in [5.74, 6) is 0.568. The molecule has 1 aromatic carbocycles.